The zero-order valence-electron chi connectivity index (χ0n) is 12.1. The summed E-state index contributed by atoms with van der Waals surface area (Å²) in [5.74, 6) is 0. The maximum atomic E-state index is 10.2. The van der Waals surface area contributed by atoms with Crippen LogP contribution in [0.3, 0.4) is 0 Å². The van der Waals surface area contributed by atoms with E-state index in [0.717, 1.165) is 22.3 Å². The molecule has 2 heteroatoms. The van der Waals surface area contributed by atoms with Gasteiger partial charge in [0.2, 0.25) is 0 Å². The van der Waals surface area contributed by atoms with Crippen molar-refractivity contribution in [2.75, 3.05) is 0 Å². The standard InChI is InChI=1S/C18H22O2/c1-3-17(19)14-10-11-15(18(20)4-2)16(12-14)13-8-6-5-7-9-13/h5-12,17-20H,3-4H2,1-2H3. The molecule has 2 rings (SSSR count). The first kappa shape index (κ1) is 14.8. The summed E-state index contributed by atoms with van der Waals surface area (Å²) in [4.78, 5) is 0. The van der Waals surface area contributed by atoms with Crippen LogP contribution in [0.25, 0.3) is 11.1 Å². The Kier molecular flexibility index (Phi) is 4.94. The number of hydrogen-bond acceptors (Lipinski definition) is 2. The molecule has 0 saturated heterocycles. The van der Waals surface area contributed by atoms with Gasteiger partial charge in [0, 0.05) is 0 Å². The van der Waals surface area contributed by atoms with Gasteiger partial charge in [-0.25, -0.2) is 0 Å². The molecule has 2 aromatic rings. The van der Waals surface area contributed by atoms with Crippen LogP contribution in [0.4, 0.5) is 0 Å². The summed E-state index contributed by atoms with van der Waals surface area (Å²) >= 11 is 0. The third-order valence-electron chi connectivity index (χ3n) is 3.68. The smallest absolute Gasteiger partial charge is 0.0793 e. The predicted molar refractivity (Wildman–Crippen MR) is 82.4 cm³/mol. The summed E-state index contributed by atoms with van der Waals surface area (Å²) in [6.45, 7) is 3.93. The van der Waals surface area contributed by atoms with Crippen molar-refractivity contribution in [3.05, 3.63) is 59.7 Å². The summed E-state index contributed by atoms with van der Waals surface area (Å²) in [6, 6.07) is 15.9. The van der Waals surface area contributed by atoms with Crippen molar-refractivity contribution in [2.45, 2.75) is 38.9 Å². The topological polar surface area (TPSA) is 40.5 Å². The van der Waals surface area contributed by atoms with Gasteiger partial charge in [-0.05, 0) is 41.2 Å². The van der Waals surface area contributed by atoms with Crippen molar-refractivity contribution >= 4 is 0 Å². The minimum absolute atomic E-state index is 0.453. The highest BCUT2D eigenvalue weighted by atomic mass is 16.3. The summed E-state index contributed by atoms with van der Waals surface area (Å²) in [5.41, 5.74) is 3.90. The number of hydrogen-bond donors (Lipinski definition) is 2. The molecule has 2 unspecified atom stereocenters. The minimum Gasteiger partial charge on any atom is -0.388 e. The maximum absolute atomic E-state index is 10.2. The molecule has 0 aliphatic carbocycles. The van der Waals surface area contributed by atoms with Crippen molar-refractivity contribution in [3.63, 3.8) is 0 Å². The number of rotatable bonds is 5. The van der Waals surface area contributed by atoms with Gasteiger partial charge in [-0.15, -0.1) is 0 Å². The summed E-state index contributed by atoms with van der Waals surface area (Å²) < 4.78 is 0. The Hall–Kier alpha value is -1.64. The van der Waals surface area contributed by atoms with Gasteiger partial charge in [0.1, 0.15) is 0 Å². The van der Waals surface area contributed by atoms with E-state index < -0.39 is 12.2 Å². The number of aliphatic hydroxyl groups excluding tert-OH is 2. The molecule has 2 aromatic carbocycles. The maximum Gasteiger partial charge on any atom is 0.0793 e. The number of aliphatic hydroxyl groups is 2. The van der Waals surface area contributed by atoms with Gasteiger partial charge in [0.25, 0.3) is 0 Å². The molecule has 2 N–H and O–H groups in total. The third-order valence-corrected chi connectivity index (χ3v) is 3.68. The highest BCUT2D eigenvalue weighted by molar-refractivity contribution is 5.68. The van der Waals surface area contributed by atoms with Gasteiger partial charge in [-0.1, -0.05) is 56.3 Å². The molecule has 0 aliphatic heterocycles. The summed E-state index contributed by atoms with van der Waals surface area (Å²) in [6.07, 6.45) is 0.433. The lowest BCUT2D eigenvalue weighted by Gasteiger charge is -2.17. The van der Waals surface area contributed by atoms with Crippen LogP contribution in [0.2, 0.25) is 0 Å². The minimum atomic E-state index is -0.474. The molecule has 0 radical (unpaired) electrons. The average Bonchev–Trinajstić information content (AvgIpc) is 2.53. The van der Waals surface area contributed by atoms with E-state index in [4.69, 9.17) is 0 Å². The molecule has 0 heterocycles. The lowest BCUT2D eigenvalue weighted by atomic mass is 9.91. The molecule has 106 valence electrons. The van der Waals surface area contributed by atoms with E-state index in [0.29, 0.717) is 12.8 Å². The molecular formula is C18H22O2. The second-order valence-electron chi connectivity index (χ2n) is 5.06. The Morgan fingerprint density at radius 3 is 2.10 bits per heavy atom. The summed E-state index contributed by atoms with van der Waals surface area (Å²) in [5, 5.41) is 20.2. The van der Waals surface area contributed by atoms with Crippen LogP contribution in [-0.2, 0) is 0 Å². The van der Waals surface area contributed by atoms with Crippen molar-refractivity contribution in [1.29, 1.82) is 0 Å². The normalized spacial score (nSPS) is 14.0. The van der Waals surface area contributed by atoms with E-state index in [1.807, 2.05) is 62.4 Å². The van der Waals surface area contributed by atoms with Crippen molar-refractivity contribution in [1.82, 2.24) is 0 Å². The van der Waals surface area contributed by atoms with Gasteiger partial charge >= 0.3 is 0 Å². The molecular weight excluding hydrogens is 248 g/mol. The van der Waals surface area contributed by atoms with Crippen molar-refractivity contribution in [2.24, 2.45) is 0 Å². The van der Waals surface area contributed by atoms with Crippen molar-refractivity contribution in [3.8, 4) is 11.1 Å². The zero-order chi connectivity index (χ0) is 14.5. The Labute approximate surface area is 120 Å². The first-order valence-electron chi connectivity index (χ1n) is 7.22. The van der Waals surface area contributed by atoms with Gasteiger partial charge in [-0.3, -0.25) is 0 Å². The van der Waals surface area contributed by atoms with Gasteiger partial charge in [-0.2, -0.15) is 0 Å². The van der Waals surface area contributed by atoms with E-state index in [2.05, 4.69) is 0 Å². The lowest BCUT2D eigenvalue weighted by Crippen LogP contribution is -2.02. The SMILES string of the molecule is CCC(O)c1ccc(C(O)CC)c(-c2ccccc2)c1. The average molecular weight is 270 g/mol. The zero-order valence-corrected chi connectivity index (χ0v) is 12.1. The predicted octanol–water partition coefficient (Wildman–Crippen LogP) is 4.24. The molecule has 2 atom stereocenters. The Balaban J connectivity index is 2.54. The molecule has 0 fully saturated rings. The van der Waals surface area contributed by atoms with Crippen LogP contribution < -0.4 is 0 Å². The molecule has 0 spiro atoms. The quantitative estimate of drug-likeness (QED) is 0.853. The second kappa shape index (κ2) is 6.69. The van der Waals surface area contributed by atoms with Gasteiger partial charge in [0.05, 0.1) is 12.2 Å². The fraction of sp³-hybridized carbons (Fsp3) is 0.333. The molecule has 2 nitrogen and oxygen atoms in total. The highest BCUT2D eigenvalue weighted by Crippen LogP contribution is 2.32. The van der Waals surface area contributed by atoms with Crippen LogP contribution in [0.5, 0.6) is 0 Å². The molecule has 0 saturated carbocycles. The molecule has 0 bridgehead atoms. The molecule has 0 amide bonds. The van der Waals surface area contributed by atoms with Crippen LogP contribution in [0.1, 0.15) is 50.0 Å². The monoisotopic (exact) mass is 270 g/mol. The highest BCUT2D eigenvalue weighted by Gasteiger charge is 2.15. The Morgan fingerprint density at radius 1 is 0.850 bits per heavy atom. The molecule has 0 aromatic heterocycles. The molecule has 0 aliphatic rings. The largest absolute Gasteiger partial charge is 0.388 e. The van der Waals surface area contributed by atoms with E-state index in [1.54, 1.807) is 0 Å². The number of benzene rings is 2. The molecule has 20 heavy (non-hydrogen) atoms. The Bertz CT molecular complexity index is 549. The fourth-order valence-corrected chi connectivity index (χ4v) is 2.40. The van der Waals surface area contributed by atoms with E-state index >= 15 is 0 Å². The van der Waals surface area contributed by atoms with Crippen LogP contribution in [0.15, 0.2) is 48.5 Å². The van der Waals surface area contributed by atoms with Gasteiger partial charge < -0.3 is 10.2 Å². The van der Waals surface area contributed by atoms with Gasteiger partial charge in [0.15, 0.2) is 0 Å². The Morgan fingerprint density at radius 2 is 1.50 bits per heavy atom. The van der Waals surface area contributed by atoms with Crippen LogP contribution in [0, 0.1) is 0 Å². The van der Waals surface area contributed by atoms with Crippen LogP contribution in [-0.4, -0.2) is 10.2 Å². The summed E-state index contributed by atoms with van der Waals surface area (Å²) in [7, 11) is 0. The first-order chi connectivity index (χ1) is 9.67. The fourth-order valence-electron chi connectivity index (χ4n) is 2.40. The lowest BCUT2D eigenvalue weighted by molar-refractivity contribution is 0.170. The van der Waals surface area contributed by atoms with E-state index in [-0.39, 0.29) is 0 Å². The first-order valence-corrected chi connectivity index (χ1v) is 7.22. The van der Waals surface area contributed by atoms with E-state index in [1.165, 1.54) is 0 Å². The van der Waals surface area contributed by atoms with Crippen molar-refractivity contribution < 1.29 is 10.2 Å². The second-order valence-corrected chi connectivity index (χ2v) is 5.06. The third kappa shape index (κ3) is 3.09. The van der Waals surface area contributed by atoms with Crippen LogP contribution >= 0.6 is 0 Å². The van der Waals surface area contributed by atoms with E-state index in [9.17, 15) is 10.2 Å².